The van der Waals surface area contributed by atoms with Crippen LogP contribution in [0.25, 0.3) is 5.76 Å². The lowest BCUT2D eigenvalue weighted by Gasteiger charge is -2.25. The molecule has 3 rings (SSSR count). The third-order valence-corrected chi connectivity index (χ3v) is 5.37. The molecule has 33 heavy (non-hydrogen) atoms. The standard InChI is InChI=1S/C26H29NO6/c1-5-13-33-20-9-7-8-18(16-20)23-22(25(29)26(30)27(23)12-14-31-4)24(28)19-10-11-21(32-6-2)17(3)15-19/h5,7-11,15-16,23,28H,1,6,12-14H2,2-4H3/b24-22+. The third kappa shape index (κ3) is 5.09. The Kier molecular flexibility index (Phi) is 7.90. The fourth-order valence-electron chi connectivity index (χ4n) is 3.85. The van der Waals surface area contributed by atoms with E-state index in [4.69, 9.17) is 14.2 Å². The maximum Gasteiger partial charge on any atom is 0.295 e. The van der Waals surface area contributed by atoms with Crippen molar-refractivity contribution in [2.24, 2.45) is 0 Å². The number of carbonyl (C=O) groups excluding carboxylic acids is 2. The van der Waals surface area contributed by atoms with Gasteiger partial charge in [-0.3, -0.25) is 9.59 Å². The van der Waals surface area contributed by atoms with Crippen molar-refractivity contribution in [3.63, 3.8) is 0 Å². The summed E-state index contributed by atoms with van der Waals surface area (Å²) in [5.74, 6) is -0.391. The summed E-state index contributed by atoms with van der Waals surface area (Å²) in [6.07, 6.45) is 1.63. The lowest BCUT2D eigenvalue weighted by molar-refractivity contribution is -0.140. The van der Waals surface area contributed by atoms with Gasteiger partial charge < -0.3 is 24.2 Å². The summed E-state index contributed by atoms with van der Waals surface area (Å²) >= 11 is 0. The van der Waals surface area contributed by atoms with E-state index in [1.165, 1.54) is 12.0 Å². The molecule has 7 heteroatoms. The SMILES string of the molecule is C=CCOc1cccc(C2/C(=C(\O)c3ccc(OCC)c(C)c3)C(=O)C(=O)N2CCOC)c1. The van der Waals surface area contributed by atoms with E-state index >= 15 is 0 Å². The minimum absolute atomic E-state index is 0.0283. The molecule has 1 saturated heterocycles. The van der Waals surface area contributed by atoms with E-state index in [1.54, 1.807) is 48.5 Å². The van der Waals surface area contributed by atoms with E-state index in [0.717, 1.165) is 5.56 Å². The minimum Gasteiger partial charge on any atom is -0.507 e. The number of ether oxygens (including phenoxy) is 3. The quantitative estimate of drug-likeness (QED) is 0.254. The number of rotatable bonds is 10. The van der Waals surface area contributed by atoms with E-state index in [-0.39, 0.29) is 24.5 Å². The number of carbonyl (C=O) groups is 2. The summed E-state index contributed by atoms with van der Waals surface area (Å²) in [5, 5.41) is 11.2. The zero-order chi connectivity index (χ0) is 24.0. The Balaban J connectivity index is 2.12. The molecule has 1 aliphatic heterocycles. The van der Waals surface area contributed by atoms with Gasteiger partial charge in [-0.2, -0.15) is 0 Å². The second kappa shape index (κ2) is 10.8. The average Bonchev–Trinajstić information content (AvgIpc) is 3.07. The Labute approximate surface area is 193 Å². The van der Waals surface area contributed by atoms with Crippen LogP contribution in [0, 0.1) is 6.92 Å². The van der Waals surface area contributed by atoms with Gasteiger partial charge in [0, 0.05) is 19.2 Å². The smallest absolute Gasteiger partial charge is 0.295 e. The monoisotopic (exact) mass is 451 g/mol. The molecule has 1 unspecified atom stereocenters. The summed E-state index contributed by atoms with van der Waals surface area (Å²) in [4.78, 5) is 27.4. The normalized spacial score (nSPS) is 17.3. The van der Waals surface area contributed by atoms with Crippen molar-refractivity contribution in [1.82, 2.24) is 4.90 Å². The summed E-state index contributed by atoms with van der Waals surface area (Å²) in [7, 11) is 1.53. The molecule has 1 amide bonds. The summed E-state index contributed by atoms with van der Waals surface area (Å²) in [5.41, 5.74) is 1.92. The van der Waals surface area contributed by atoms with Gasteiger partial charge in [-0.15, -0.1) is 0 Å². The second-order valence-corrected chi connectivity index (χ2v) is 7.57. The van der Waals surface area contributed by atoms with E-state index in [0.29, 0.717) is 35.8 Å². The molecular formula is C26H29NO6. The third-order valence-electron chi connectivity index (χ3n) is 5.37. The lowest BCUT2D eigenvalue weighted by atomic mass is 9.94. The molecular weight excluding hydrogens is 422 g/mol. The van der Waals surface area contributed by atoms with Crippen LogP contribution < -0.4 is 9.47 Å². The number of aryl methyl sites for hydroxylation is 1. The predicted octanol–water partition coefficient (Wildman–Crippen LogP) is 4.03. The first-order valence-electron chi connectivity index (χ1n) is 10.8. The van der Waals surface area contributed by atoms with Crippen LogP contribution in [-0.2, 0) is 14.3 Å². The molecule has 2 aromatic rings. The molecule has 1 atom stereocenters. The van der Waals surface area contributed by atoms with Gasteiger partial charge in [0.15, 0.2) is 0 Å². The number of nitrogens with zero attached hydrogens (tertiary/aromatic N) is 1. The van der Waals surface area contributed by atoms with E-state index < -0.39 is 17.7 Å². The number of methoxy groups -OCH3 is 1. The number of aliphatic hydroxyl groups excluding tert-OH is 1. The van der Waals surface area contributed by atoms with Gasteiger partial charge in [-0.05, 0) is 55.3 Å². The maximum absolute atomic E-state index is 13.1. The molecule has 1 heterocycles. The lowest BCUT2D eigenvalue weighted by Crippen LogP contribution is -2.32. The Morgan fingerprint density at radius 2 is 1.97 bits per heavy atom. The molecule has 0 aromatic heterocycles. The van der Waals surface area contributed by atoms with Crippen molar-refractivity contribution >= 4 is 17.4 Å². The van der Waals surface area contributed by atoms with Crippen LogP contribution in [-0.4, -0.2) is 55.2 Å². The second-order valence-electron chi connectivity index (χ2n) is 7.57. The topological polar surface area (TPSA) is 85.3 Å². The van der Waals surface area contributed by atoms with Crippen LogP contribution in [0.5, 0.6) is 11.5 Å². The number of hydrogen-bond donors (Lipinski definition) is 1. The molecule has 1 fully saturated rings. The first kappa shape index (κ1) is 24.1. The van der Waals surface area contributed by atoms with Gasteiger partial charge in [0.1, 0.15) is 23.9 Å². The van der Waals surface area contributed by atoms with Crippen LogP contribution in [0.4, 0.5) is 0 Å². The van der Waals surface area contributed by atoms with Crippen molar-refractivity contribution in [3.8, 4) is 11.5 Å². The highest BCUT2D eigenvalue weighted by molar-refractivity contribution is 6.46. The Morgan fingerprint density at radius 3 is 2.64 bits per heavy atom. The predicted molar refractivity (Wildman–Crippen MR) is 125 cm³/mol. The Hall–Kier alpha value is -3.58. The Morgan fingerprint density at radius 1 is 1.18 bits per heavy atom. The summed E-state index contributed by atoms with van der Waals surface area (Å²) in [6, 6.07) is 11.5. The number of amides is 1. The molecule has 1 N–H and O–H groups in total. The number of benzene rings is 2. The van der Waals surface area contributed by atoms with Crippen LogP contribution in [0.15, 0.2) is 60.7 Å². The van der Waals surface area contributed by atoms with Crippen molar-refractivity contribution < 1.29 is 28.9 Å². The van der Waals surface area contributed by atoms with Crippen LogP contribution in [0.3, 0.4) is 0 Å². The van der Waals surface area contributed by atoms with Crippen LogP contribution in [0.2, 0.25) is 0 Å². The van der Waals surface area contributed by atoms with Crippen molar-refractivity contribution in [2.75, 3.05) is 33.5 Å². The Bertz CT molecular complexity index is 1070. The fraction of sp³-hybridized carbons (Fsp3) is 0.308. The van der Waals surface area contributed by atoms with Crippen molar-refractivity contribution in [2.45, 2.75) is 19.9 Å². The van der Waals surface area contributed by atoms with Crippen LogP contribution >= 0.6 is 0 Å². The number of ketones is 1. The highest BCUT2D eigenvalue weighted by Crippen LogP contribution is 2.40. The van der Waals surface area contributed by atoms with Gasteiger partial charge in [-0.1, -0.05) is 24.8 Å². The fourth-order valence-corrected chi connectivity index (χ4v) is 3.85. The molecule has 0 aliphatic carbocycles. The largest absolute Gasteiger partial charge is 0.507 e. The van der Waals surface area contributed by atoms with Crippen molar-refractivity contribution in [1.29, 1.82) is 0 Å². The van der Waals surface area contributed by atoms with Gasteiger partial charge >= 0.3 is 0 Å². The first-order chi connectivity index (χ1) is 15.9. The van der Waals surface area contributed by atoms with E-state index in [1.807, 2.05) is 13.8 Å². The molecule has 0 radical (unpaired) electrons. The summed E-state index contributed by atoms with van der Waals surface area (Å²) < 4.78 is 16.4. The minimum atomic E-state index is -0.778. The molecule has 7 nitrogen and oxygen atoms in total. The highest BCUT2D eigenvalue weighted by Gasteiger charge is 2.46. The van der Waals surface area contributed by atoms with E-state index in [9.17, 15) is 14.7 Å². The molecule has 1 aliphatic rings. The van der Waals surface area contributed by atoms with Crippen LogP contribution in [0.1, 0.15) is 29.7 Å². The molecule has 2 aromatic carbocycles. The average molecular weight is 452 g/mol. The number of likely N-dealkylation sites (tertiary alicyclic amines) is 1. The highest BCUT2D eigenvalue weighted by atomic mass is 16.5. The molecule has 0 bridgehead atoms. The first-order valence-corrected chi connectivity index (χ1v) is 10.8. The zero-order valence-electron chi connectivity index (χ0n) is 19.2. The molecule has 0 spiro atoms. The number of Topliss-reactive ketones (excluding diaryl/α,β-unsaturated/α-hetero) is 1. The number of aliphatic hydroxyl groups is 1. The van der Waals surface area contributed by atoms with Gasteiger partial charge in [0.2, 0.25) is 0 Å². The van der Waals surface area contributed by atoms with Gasteiger partial charge in [0.25, 0.3) is 11.7 Å². The zero-order valence-corrected chi connectivity index (χ0v) is 19.2. The summed E-state index contributed by atoms with van der Waals surface area (Å²) in [6.45, 7) is 8.68. The van der Waals surface area contributed by atoms with Crippen molar-refractivity contribution in [3.05, 3.63) is 77.4 Å². The van der Waals surface area contributed by atoms with Gasteiger partial charge in [0.05, 0.1) is 24.8 Å². The number of hydrogen-bond acceptors (Lipinski definition) is 6. The maximum atomic E-state index is 13.1. The van der Waals surface area contributed by atoms with E-state index in [2.05, 4.69) is 6.58 Å². The molecule has 174 valence electrons. The van der Waals surface area contributed by atoms with Gasteiger partial charge in [-0.25, -0.2) is 0 Å². The molecule has 0 saturated carbocycles.